The monoisotopic (exact) mass is 272 g/mol. The second-order valence-corrected chi connectivity index (χ2v) is 4.54. The Balaban J connectivity index is 1.89. The SMILES string of the molecule is NC(=S)NCCc1ccc(Oc2ccccc2)cc1. The second-order valence-electron chi connectivity index (χ2n) is 4.10. The summed E-state index contributed by atoms with van der Waals surface area (Å²) < 4.78 is 5.72. The van der Waals surface area contributed by atoms with E-state index in [1.54, 1.807) is 0 Å². The van der Waals surface area contributed by atoms with Crippen molar-refractivity contribution in [3.8, 4) is 11.5 Å². The normalized spacial score (nSPS) is 9.89. The number of hydrogen-bond acceptors (Lipinski definition) is 2. The number of ether oxygens (including phenoxy) is 1. The van der Waals surface area contributed by atoms with Gasteiger partial charge in [0.2, 0.25) is 0 Å². The number of rotatable bonds is 5. The molecule has 0 saturated heterocycles. The first-order valence-electron chi connectivity index (χ1n) is 6.09. The Bertz CT molecular complexity index is 526. The van der Waals surface area contributed by atoms with E-state index in [4.69, 9.17) is 22.7 Å². The van der Waals surface area contributed by atoms with Crippen molar-refractivity contribution in [1.29, 1.82) is 0 Å². The van der Waals surface area contributed by atoms with Crippen molar-refractivity contribution in [2.24, 2.45) is 5.73 Å². The van der Waals surface area contributed by atoms with Crippen LogP contribution < -0.4 is 15.8 Å². The smallest absolute Gasteiger partial charge is 0.163 e. The van der Waals surface area contributed by atoms with E-state index in [0.717, 1.165) is 24.5 Å². The van der Waals surface area contributed by atoms with E-state index in [1.165, 1.54) is 5.56 Å². The molecule has 0 unspecified atom stereocenters. The Hall–Kier alpha value is -2.07. The molecule has 2 aromatic carbocycles. The van der Waals surface area contributed by atoms with E-state index in [1.807, 2.05) is 54.6 Å². The molecular formula is C15H16N2OS. The molecule has 0 bridgehead atoms. The second kappa shape index (κ2) is 6.75. The zero-order valence-corrected chi connectivity index (χ0v) is 11.3. The molecule has 0 fully saturated rings. The number of thiocarbonyl (C=S) groups is 1. The summed E-state index contributed by atoms with van der Waals surface area (Å²) in [5.74, 6) is 1.67. The van der Waals surface area contributed by atoms with E-state index in [0.29, 0.717) is 5.11 Å². The highest BCUT2D eigenvalue weighted by Crippen LogP contribution is 2.21. The van der Waals surface area contributed by atoms with Gasteiger partial charge in [-0.2, -0.15) is 0 Å². The van der Waals surface area contributed by atoms with Crippen LogP contribution in [0.3, 0.4) is 0 Å². The van der Waals surface area contributed by atoms with Gasteiger partial charge in [0.05, 0.1) is 0 Å². The Kier molecular flexibility index (Phi) is 4.75. The highest BCUT2D eigenvalue weighted by molar-refractivity contribution is 7.80. The molecule has 0 radical (unpaired) electrons. The van der Waals surface area contributed by atoms with Crippen LogP contribution in [0, 0.1) is 0 Å². The molecule has 2 aromatic rings. The maximum absolute atomic E-state index is 5.72. The molecule has 2 rings (SSSR count). The Morgan fingerprint density at radius 3 is 2.26 bits per heavy atom. The predicted octanol–water partition coefficient (Wildman–Crippen LogP) is 2.85. The van der Waals surface area contributed by atoms with Gasteiger partial charge in [-0.15, -0.1) is 0 Å². The van der Waals surface area contributed by atoms with E-state index in [2.05, 4.69) is 5.32 Å². The van der Waals surface area contributed by atoms with Gasteiger partial charge >= 0.3 is 0 Å². The fraction of sp³-hybridized carbons (Fsp3) is 0.133. The van der Waals surface area contributed by atoms with Gasteiger partial charge in [-0.3, -0.25) is 0 Å². The van der Waals surface area contributed by atoms with Crippen molar-refractivity contribution < 1.29 is 4.74 Å². The van der Waals surface area contributed by atoms with Gasteiger partial charge < -0.3 is 15.8 Å². The molecule has 0 atom stereocenters. The van der Waals surface area contributed by atoms with Crippen LogP contribution in [0.5, 0.6) is 11.5 Å². The van der Waals surface area contributed by atoms with Gasteiger partial charge in [-0.1, -0.05) is 30.3 Å². The standard InChI is InChI=1S/C15H16N2OS/c16-15(19)17-11-10-12-6-8-14(9-7-12)18-13-4-2-1-3-5-13/h1-9H,10-11H2,(H3,16,17,19). The minimum absolute atomic E-state index is 0.337. The quantitative estimate of drug-likeness (QED) is 0.822. The third kappa shape index (κ3) is 4.60. The molecule has 0 spiro atoms. The third-order valence-corrected chi connectivity index (χ3v) is 2.76. The zero-order valence-electron chi connectivity index (χ0n) is 10.5. The molecule has 0 saturated carbocycles. The minimum atomic E-state index is 0.337. The first-order chi connectivity index (χ1) is 9.24. The van der Waals surface area contributed by atoms with Crippen molar-refractivity contribution in [3.63, 3.8) is 0 Å². The summed E-state index contributed by atoms with van der Waals surface area (Å²) in [6.07, 6.45) is 0.878. The minimum Gasteiger partial charge on any atom is -0.457 e. The molecule has 98 valence electrons. The molecule has 0 amide bonds. The summed E-state index contributed by atoms with van der Waals surface area (Å²) >= 11 is 4.75. The Labute approximate surface area is 118 Å². The van der Waals surface area contributed by atoms with Crippen LogP contribution in [0.4, 0.5) is 0 Å². The number of nitrogens with one attached hydrogen (secondary N) is 1. The molecular weight excluding hydrogens is 256 g/mol. The van der Waals surface area contributed by atoms with E-state index >= 15 is 0 Å². The molecule has 19 heavy (non-hydrogen) atoms. The number of hydrogen-bond donors (Lipinski definition) is 2. The number of benzene rings is 2. The summed E-state index contributed by atoms with van der Waals surface area (Å²) in [4.78, 5) is 0. The van der Waals surface area contributed by atoms with Crippen LogP contribution in [0.1, 0.15) is 5.56 Å². The molecule has 0 heterocycles. The average Bonchev–Trinajstić information content (AvgIpc) is 2.42. The van der Waals surface area contributed by atoms with Gasteiger partial charge in [-0.25, -0.2) is 0 Å². The highest BCUT2D eigenvalue weighted by atomic mass is 32.1. The Morgan fingerprint density at radius 1 is 1.00 bits per heavy atom. The lowest BCUT2D eigenvalue weighted by molar-refractivity contribution is 0.482. The first kappa shape index (κ1) is 13.4. The fourth-order valence-corrected chi connectivity index (χ4v) is 1.78. The van der Waals surface area contributed by atoms with Crippen LogP contribution in [0.15, 0.2) is 54.6 Å². The van der Waals surface area contributed by atoms with Crippen LogP contribution in [-0.4, -0.2) is 11.7 Å². The van der Waals surface area contributed by atoms with Gasteiger partial charge in [-0.05, 0) is 48.5 Å². The zero-order chi connectivity index (χ0) is 13.5. The van der Waals surface area contributed by atoms with Crippen molar-refractivity contribution in [1.82, 2.24) is 5.32 Å². The van der Waals surface area contributed by atoms with E-state index in [9.17, 15) is 0 Å². The fourth-order valence-electron chi connectivity index (χ4n) is 1.68. The van der Waals surface area contributed by atoms with E-state index in [-0.39, 0.29) is 0 Å². The van der Waals surface area contributed by atoms with Gasteiger partial charge in [0.1, 0.15) is 11.5 Å². The Morgan fingerprint density at radius 2 is 1.63 bits per heavy atom. The third-order valence-electron chi connectivity index (χ3n) is 2.62. The highest BCUT2D eigenvalue weighted by Gasteiger charge is 1.98. The lowest BCUT2D eigenvalue weighted by Crippen LogP contribution is -2.30. The molecule has 0 aromatic heterocycles. The van der Waals surface area contributed by atoms with Gasteiger partial charge in [0.25, 0.3) is 0 Å². The largest absolute Gasteiger partial charge is 0.457 e. The van der Waals surface area contributed by atoms with Crippen LogP contribution in [0.25, 0.3) is 0 Å². The van der Waals surface area contributed by atoms with Crippen LogP contribution >= 0.6 is 12.2 Å². The summed E-state index contributed by atoms with van der Waals surface area (Å²) in [7, 11) is 0. The van der Waals surface area contributed by atoms with Crippen molar-refractivity contribution in [2.75, 3.05) is 6.54 Å². The summed E-state index contributed by atoms with van der Waals surface area (Å²) in [5.41, 5.74) is 6.58. The number of nitrogens with two attached hydrogens (primary N) is 1. The molecule has 0 aliphatic carbocycles. The summed E-state index contributed by atoms with van der Waals surface area (Å²) in [5, 5.41) is 3.26. The topological polar surface area (TPSA) is 47.3 Å². The van der Waals surface area contributed by atoms with Crippen molar-refractivity contribution in [2.45, 2.75) is 6.42 Å². The first-order valence-corrected chi connectivity index (χ1v) is 6.50. The van der Waals surface area contributed by atoms with Crippen molar-refractivity contribution in [3.05, 3.63) is 60.2 Å². The van der Waals surface area contributed by atoms with Gasteiger partial charge in [0.15, 0.2) is 5.11 Å². The van der Waals surface area contributed by atoms with Crippen molar-refractivity contribution >= 4 is 17.3 Å². The lowest BCUT2D eigenvalue weighted by Gasteiger charge is -2.07. The average molecular weight is 272 g/mol. The van der Waals surface area contributed by atoms with Crippen LogP contribution in [0.2, 0.25) is 0 Å². The molecule has 3 N–H and O–H groups in total. The van der Waals surface area contributed by atoms with Crippen LogP contribution in [-0.2, 0) is 6.42 Å². The van der Waals surface area contributed by atoms with Gasteiger partial charge in [0, 0.05) is 6.54 Å². The predicted molar refractivity (Wildman–Crippen MR) is 81.5 cm³/mol. The summed E-state index contributed by atoms with van der Waals surface area (Å²) in [6, 6.07) is 17.7. The lowest BCUT2D eigenvalue weighted by atomic mass is 10.1. The maximum Gasteiger partial charge on any atom is 0.163 e. The maximum atomic E-state index is 5.72. The molecule has 0 aliphatic rings. The molecule has 0 aliphatic heterocycles. The molecule has 3 nitrogen and oxygen atoms in total. The molecule has 4 heteroatoms. The van der Waals surface area contributed by atoms with E-state index < -0.39 is 0 Å². The summed E-state index contributed by atoms with van der Waals surface area (Å²) in [6.45, 7) is 0.744. The number of para-hydroxylation sites is 1.